The van der Waals surface area contributed by atoms with E-state index in [-0.39, 0.29) is 17.5 Å². The van der Waals surface area contributed by atoms with Gasteiger partial charge in [0, 0.05) is 12.0 Å². The molecule has 2 aliphatic carbocycles. The van der Waals surface area contributed by atoms with Gasteiger partial charge in [-0.15, -0.1) is 0 Å². The number of ether oxygens (including phenoxy) is 2. The molecular formula is C16H22ClNO4. The molecule has 0 spiro atoms. The van der Waals surface area contributed by atoms with Gasteiger partial charge in [0.05, 0.1) is 10.6 Å². The van der Waals surface area contributed by atoms with Gasteiger partial charge in [-0.05, 0) is 51.2 Å². The second kappa shape index (κ2) is 5.64. The molecule has 22 heavy (non-hydrogen) atoms. The van der Waals surface area contributed by atoms with E-state index >= 15 is 0 Å². The van der Waals surface area contributed by atoms with Gasteiger partial charge in [-0.25, -0.2) is 4.79 Å². The van der Waals surface area contributed by atoms with Gasteiger partial charge in [0.1, 0.15) is 12.2 Å². The van der Waals surface area contributed by atoms with E-state index < -0.39 is 24.0 Å². The van der Waals surface area contributed by atoms with Gasteiger partial charge < -0.3 is 20.3 Å². The third kappa shape index (κ3) is 2.60. The minimum atomic E-state index is -0.991. The lowest BCUT2D eigenvalue weighted by atomic mass is 9.81. The summed E-state index contributed by atoms with van der Waals surface area (Å²) in [4.78, 5) is 11.3. The summed E-state index contributed by atoms with van der Waals surface area (Å²) in [6.45, 7) is 3.71. The van der Waals surface area contributed by atoms with Crippen LogP contribution >= 0.6 is 11.6 Å². The van der Waals surface area contributed by atoms with Crippen molar-refractivity contribution in [2.24, 2.45) is 11.7 Å². The highest BCUT2D eigenvalue weighted by Gasteiger charge is 2.52. The smallest absolute Gasteiger partial charge is 0.335 e. The molecule has 1 saturated carbocycles. The van der Waals surface area contributed by atoms with Crippen LogP contribution in [-0.2, 0) is 14.3 Å². The lowest BCUT2D eigenvalue weighted by Crippen LogP contribution is -2.41. The minimum Gasteiger partial charge on any atom is -0.478 e. The van der Waals surface area contributed by atoms with Crippen molar-refractivity contribution in [1.82, 2.24) is 0 Å². The summed E-state index contributed by atoms with van der Waals surface area (Å²) in [5.41, 5.74) is 6.83. The molecule has 2 unspecified atom stereocenters. The van der Waals surface area contributed by atoms with E-state index in [1.165, 1.54) is 6.08 Å². The summed E-state index contributed by atoms with van der Waals surface area (Å²) in [7, 11) is 0. The van der Waals surface area contributed by atoms with Gasteiger partial charge in [0.15, 0.2) is 5.79 Å². The van der Waals surface area contributed by atoms with E-state index in [9.17, 15) is 9.90 Å². The van der Waals surface area contributed by atoms with Crippen LogP contribution in [-0.4, -0.2) is 35.1 Å². The van der Waals surface area contributed by atoms with Crippen molar-refractivity contribution in [3.8, 4) is 0 Å². The van der Waals surface area contributed by atoms with Gasteiger partial charge in [-0.2, -0.15) is 0 Å². The van der Waals surface area contributed by atoms with Crippen molar-refractivity contribution in [2.75, 3.05) is 0 Å². The van der Waals surface area contributed by atoms with Crippen LogP contribution in [0.15, 0.2) is 22.3 Å². The molecular weight excluding hydrogens is 306 g/mol. The number of carbonyl (C=O) groups is 1. The van der Waals surface area contributed by atoms with E-state index in [1.807, 2.05) is 6.92 Å². The third-order valence-electron chi connectivity index (χ3n) is 5.15. The van der Waals surface area contributed by atoms with Crippen LogP contribution in [0.3, 0.4) is 0 Å². The number of nitrogens with two attached hydrogens (primary N) is 1. The fourth-order valence-corrected chi connectivity index (χ4v) is 3.99. The van der Waals surface area contributed by atoms with Crippen molar-refractivity contribution < 1.29 is 19.4 Å². The zero-order chi connectivity index (χ0) is 16.1. The predicted octanol–water partition coefficient (Wildman–Crippen LogP) is 2.54. The first-order chi connectivity index (χ1) is 10.3. The molecule has 3 rings (SSSR count). The SMILES string of the molecule is CC1=C(C(=O)O)C=C(Cl)C2O[C@](C)(C3CCC(N)CC3)OC12. The molecule has 0 bridgehead atoms. The molecule has 0 amide bonds. The molecule has 3 atom stereocenters. The summed E-state index contributed by atoms with van der Waals surface area (Å²) in [6, 6.07) is 0.257. The summed E-state index contributed by atoms with van der Waals surface area (Å²) >= 11 is 6.25. The normalized spacial score (nSPS) is 42.1. The Hall–Kier alpha value is -0.880. The van der Waals surface area contributed by atoms with Crippen molar-refractivity contribution in [3.05, 3.63) is 22.3 Å². The molecule has 3 N–H and O–H groups in total. The van der Waals surface area contributed by atoms with Crippen LogP contribution in [0, 0.1) is 5.92 Å². The average molecular weight is 328 g/mol. The van der Waals surface area contributed by atoms with E-state index in [1.54, 1.807) is 6.92 Å². The fraction of sp³-hybridized carbons (Fsp3) is 0.688. The number of carboxylic acids is 1. The van der Waals surface area contributed by atoms with Gasteiger partial charge >= 0.3 is 5.97 Å². The number of halogens is 1. The van der Waals surface area contributed by atoms with Crippen LogP contribution < -0.4 is 5.73 Å². The Morgan fingerprint density at radius 3 is 2.50 bits per heavy atom. The summed E-state index contributed by atoms with van der Waals surface area (Å²) in [5.74, 6) is -1.48. The Kier molecular flexibility index (Phi) is 4.10. The third-order valence-corrected chi connectivity index (χ3v) is 5.47. The first kappa shape index (κ1) is 16.0. The Balaban J connectivity index is 1.84. The molecule has 122 valence electrons. The molecule has 0 aromatic heterocycles. The average Bonchev–Trinajstić information content (AvgIpc) is 2.83. The maximum absolute atomic E-state index is 11.3. The molecule has 2 fully saturated rings. The molecule has 1 aliphatic heterocycles. The number of fused-ring (bicyclic) bond motifs is 1. The first-order valence-corrected chi connectivity index (χ1v) is 8.12. The topological polar surface area (TPSA) is 81.8 Å². The van der Waals surface area contributed by atoms with Gasteiger partial charge in [-0.3, -0.25) is 0 Å². The molecule has 0 radical (unpaired) electrons. The number of carboxylic acid groups (broad SMARTS) is 1. The highest BCUT2D eigenvalue weighted by molar-refractivity contribution is 6.31. The number of hydrogen-bond donors (Lipinski definition) is 2. The molecule has 1 saturated heterocycles. The first-order valence-electron chi connectivity index (χ1n) is 7.74. The molecule has 6 heteroatoms. The zero-order valence-electron chi connectivity index (χ0n) is 12.8. The molecule has 1 heterocycles. The maximum Gasteiger partial charge on any atom is 0.335 e. The predicted molar refractivity (Wildman–Crippen MR) is 82.4 cm³/mol. The van der Waals surface area contributed by atoms with E-state index in [0.717, 1.165) is 25.7 Å². The monoisotopic (exact) mass is 327 g/mol. The summed E-state index contributed by atoms with van der Waals surface area (Å²) < 4.78 is 12.3. The second-order valence-electron chi connectivity index (χ2n) is 6.64. The van der Waals surface area contributed by atoms with E-state index in [2.05, 4.69) is 0 Å². The lowest BCUT2D eigenvalue weighted by Gasteiger charge is -2.37. The van der Waals surface area contributed by atoms with Crippen molar-refractivity contribution in [2.45, 2.75) is 63.6 Å². The van der Waals surface area contributed by atoms with Crippen molar-refractivity contribution in [1.29, 1.82) is 0 Å². The Labute approximate surface area is 135 Å². The highest BCUT2D eigenvalue weighted by Crippen LogP contribution is 2.47. The standard InChI is InChI=1S/C16H22ClNO4/c1-8-11(15(19)20)7-12(17)14-13(8)21-16(2,22-14)9-3-5-10(18)6-4-9/h7,9-10,13-14H,3-6,18H2,1-2H3,(H,19,20)/t9?,10?,13?,14?,16-/m1/s1. The Morgan fingerprint density at radius 2 is 1.91 bits per heavy atom. The van der Waals surface area contributed by atoms with Crippen LogP contribution in [0.1, 0.15) is 39.5 Å². The van der Waals surface area contributed by atoms with Crippen LogP contribution in [0.5, 0.6) is 0 Å². The van der Waals surface area contributed by atoms with E-state index in [0.29, 0.717) is 10.6 Å². The zero-order valence-corrected chi connectivity index (χ0v) is 13.6. The van der Waals surface area contributed by atoms with Crippen molar-refractivity contribution >= 4 is 17.6 Å². The quantitative estimate of drug-likeness (QED) is 0.814. The van der Waals surface area contributed by atoms with Gasteiger partial charge in [0.2, 0.25) is 0 Å². The maximum atomic E-state index is 11.3. The van der Waals surface area contributed by atoms with Crippen LogP contribution in [0.2, 0.25) is 0 Å². The highest BCUT2D eigenvalue weighted by atomic mass is 35.5. The molecule has 3 aliphatic rings. The largest absolute Gasteiger partial charge is 0.478 e. The second-order valence-corrected chi connectivity index (χ2v) is 7.07. The molecule has 0 aromatic carbocycles. The van der Waals surface area contributed by atoms with Crippen LogP contribution in [0.4, 0.5) is 0 Å². The molecule has 5 nitrogen and oxygen atoms in total. The number of hydrogen-bond acceptors (Lipinski definition) is 4. The van der Waals surface area contributed by atoms with Crippen LogP contribution in [0.25, 0.3) is 0 Å². The Bertz CT molecular complexity index is 550. The Morgan fingerprint density at radius 1 is 1.32 bits per heavy atom. The van der Waals surface area contributed by atoms with Crippen molar-refractivity contribution in [3.63, 3.8) is 0 Å². The number of aliphatic carboxylic acids is 1. The number of rotatable bonds is 2. The summed E-state index contributed by atoms with van der Waals surface area (Å²) in [6.07, 6.45) is 4.46. The van der Waals surface area contributed by atoms with Gasteiger partial charge in [-0.1, -0.05) is 11.6 Å². The van der Waals surface area contributed by atoms with E-state index in [4.69, 9.17) is 26.8 Å². The lowest BCUT2D eigenvalue weighted by molar-refractivity contribution is -0.199. The fourth-order valence-electron chi connectivity index (χ4n) is 3.73. The van der Waals surface area contributed by atoms with Gasteiger partial charge in [0.25, 0.3) is 0 Å². The summed E-state index contributed by atoms with van der Waals surface area (Å²) in [5, 5.41) is 9.68. The molecule has 0 aromatic rings. The minimum absolute atomic E-state index is 0.199.